The van der Waals surface area contributed by atoms with E-state index >= 15 is 0 Å². The minimum Gasteiger partial charge on any atom is -0.298 e. The molecule has 2 aromatic heterocycles. The molecule has 0 aliphatic rings. The molecule has 0 unspecified atom stereocenters. The second kappa shape index (κ2) is 3.37. The minimum absolute atomic E-state index is 0.545. The quantitative estimate of drug-likeness (QED) is 0.650. The number of rotatable bonds is 2. The molecule has 5 nitrogen and oxygen atoms in total. The third-order valence-corrected chi connectivity index (χ3v) is 1.91. The second-order valence-corrected chi connectivity index (χ2v) is 2.87. The highest BCUT2D eigenvalue weighted by atomic mass is 16.1. The molecule has 0 spiro atoms. The molecule has 5 heteroatoms. The van der Waals surface area contributed by atoms with E-state index in [0.29, 0.717) is 5.56 Å². The lowest BCUT2D eigenvalue weighted by atomic mass is 10.2. The Morgan fingerprint density at radius 3 is 2.86 bits per heavy atom. The Labute approximate surface area is 80.4 Å². The van der Waals surface area contributed by atoms with Gasteiger partial charge in [0.2, 0.25) is 0 Å². The van der Waals surface area contributed by atoms with E-state index in [1.165, 1.54) is 6.20 Å². The van der Waals surface area contributed by atoms with E-state index < -0.39 is 0 Å². The van der Waals surface area contributed by atoms with Crippen molar-refractivity contribution >= 4 is 6.29 Å². The van der Waals surface area contributed by atoms with E-state index in [0.717, 1.165) is 17.5 Å². The number of nitrogens with zero attached hydrogens (tertiary/aromatic N) is 4. The van der Waals surface area contributed by atoms with Gasteiger partial charge in [-0.05, 0) is 6.07 Å². The fraction of sp³-hybridized carbons (Fsp3) is 0.111. The zero-order valence-corrected chi connectivity index (χ0v) is 7.58. The molecule has 0 aliphatic heterocycles. The summed E-state index contributed by atoms with van der Waals surface area (Å²) in [4.78, 5) is 14.5. The van der Waals surface area contributed by atoms with Crippen molar-refractivity contribution in [2.75, 3.05) is 0 Å². The van der Waals surface area contributed by atoms with Crippen LogP contribution in [0.3, 0.4) is 0 Å². The van der Waals surface area contributed by atoms with E-state index in [-0.39, 0.29) is 0 Å². The second-order valence-electron chi connectivity index (χ2n) is 2.87. The molecule has 0 saturated carbocycles. The molecular formula is C9H8N4O. The molecule has 0 atom stereocenters. The van der Waals surface area contributed by atoms with Crippen LogP contribution < -0.4 is 0 Å². The van der Waals surface area contributed by atoms with Gasteiger partial charge in [0, 0.05) is 30.6 Å². The van der Waals surface area contributed by atoms with Crippen LogP contribution in [0.2, 0.25) is 0 Å². The van der Waals surface area contributed by atoms with Gasteiger partial charge in [-0.1, -0.05) is 5.21 Å². The number of hydrogen-bond donors (Lipinski definition) is 0. The van der Waals surface area contributed by atoms with Gasteiger partial charge >= 0.3 is 0 Å². The summed E-state index contributed by atoms with van der Waals surface area (Å²) in [5.74, 6) is 0. The van der Waals surface area contributed by atoms with Gasteiger partial charge in [0.15, 0.2) is 6.29 Å². The molecule has 0 saturated heterocycles. The van der Waals surface area contributed by atoms with Crippen molar-refractivity contribution in [3.63, 3.8) is 0 Å². The van der Waals surface area contributed by atoms with Gasteiger partial charge in [-0.2, -0.15) is 0 Å². The molecule has 0 fully saturated rings. The van der Waals surface area contributed by atoms with Crippen LogP contribution in [0.1, 0.15) is 10.4 Å². The smallest absolute Gasteiger partial charge is 0.151 e. The van der Waals surface area contributed by atoms with Crippen molar-refractivity contribution in [3.8, 4) is 11.3 Å². The molecule has 0 N–H and O–H groups in total. The summed E-state index contributed by atoms with van der Waals surface area (Å²) in [6.45, 7) is 0. The predicted molar refractivity (Wildman–Crippen MR) is 49.6 cm³/mol. The van der Waals surface area contributed by atoms with Gasteiger partial charge < -0.3 is 0 Å². The van der Waals surface area contributed by atoms with Gasteiger partial charge in [0.25, 0.3) is 0 Å². The first-order valence-electron chi connectivity index (χ1n) is 4.06. The Morgan fingerprint density at radius 2 is 2.21 bits per heavy atom. The zero-order chi connectivity index (χ0) is 9.97. The predicted octanol–water partition coefficient (Wildman–Crippen LogP) is 0.690. The van der Waals surface area contributed by atoms with E-state index in [1.54, 1.807) is 30.2 Å². The number of carbonyl (C=O) groups excluding carboxylic acids is 1. The number of pyridine rings is 1. The molecular weight excluding hydrogens is 180 g/mol. The molecule has 14 heavy (non-hydrogen) atoms. The summed E-state index contributed by atoms with van der Waals surface area (Å²) in [7, 11) is 1.79. The van der Waals surface area contributed by atoms with Crippen molar-refractivity contribution in [1.29, 1.82) is 0 Å². The lowest BCUT2D eigenvalue weighted by Gasteiger charge is -1.99. The van der Waals surface area contributed by atoms with Gasteiger partial charge in [0.05, 0.1) is 11.9 Å². The minimum atomic E-state index is 0.545. The summed E-state index contributed by atoms with van der Waals surface area (Å²) in [5.41, 5.74) is 2.21. The molecule has 0 amide bonds. The molecule has 0 aromatic carbocycles. The fourth-order valence-corrected chi connectivity index (χ4v) is 1.21. The first-order chi connectivity index (χ1) is 6.81. The van der Waals surface area contributed by atoms with Gasteiger partial charge in [-0.15, -0.1) is 5.10 Å². The number of carbonyl (C=O) groups is 1. The first-order valence-corrected chi connectivity index (χ1v) is 4.06. The highest BCUT2D eigenvalue weighted by molar-refractivity contribution is 5.77. The van der Waals surface area contributed by atoms with Crippen molar-refractivity contribution in [1.82, 2.24) is 20.0 Å². The maximum atomic E-state index is 10.5. The molecule has 0 radical (unpaired) electrons. The number of aryl methyl sites for hydroxylation is 1. The van der Waals surface area contributed by atoms with Crippen molar-refractivity contribution in [3.05, 3.63) is 30.2 Å². The summed E-state index contributed by atoms with van der Waals surface area (Å²) >= 11 is 0. The standard InChI is InChI=1S/C9H8N4O/c1-13-9(5-11-12-13)8-2-7(6-14)3-10-4-8/h2-6H,1H3. The highest BCUT2D eigenvalue weighted by Crippen LogP contribution is 2.16. The Morgan fingerprint density at radius 1 is 1.36 bits per heavy atom. The highest BCUT2D eigenvalue weighted by Gasteiger charge is 2.04. The third kappa shape index (κ3) is 1.39. The number of hydrogen-bond acceptors (Lipinski definition) is 4. The molecule has 0 aliphatic carbocycles. The Bertz CT molecular complexity index is 463. The van der Waals surface area contributed by atoms with Crippen LogP contribution in [0.4, 0.5) is 0 Å². The molecule has 70 valence electrons. The van der Waals surface area contributed by atoms with Crippen LogP contribution in [0.5, 0.6) is 0 Å². The molecule has 2 aromatic rings. The van der Waals surface area contributed by atoms with E-state index in [9.17, 15) is 4.79 Å². The molecule has 0 bridgehead atoms. The Balaban J connectivity index is 2.52. The average molecular weight is 188 g/mol. The van der Waals surface area contributed by atoms with Crippen LogP contribution in [0.25, 0.3) is 11.3 Å². The summed E-state index contributed by atoms with van der Waals surface area (Å²) in [6.07, 6.45) is 5.58. The monoisotopic (exact) mass is 188 g/mol. The molecule has 2 rings (SSSR count). The largest absolute Gasteiger partial charge is 0.298 e. The van der Waals surface area contributed by atoms with Crippen LogP contribution in [0.15, 0.2) is 24.7 Å². The first kappa shape index (κ1) is 8.55. The Kier molecular flexibility index (Phi) is 2.06. The summed E-state index contributed by atoms with van der Waals surface area (Å²) in [6, 6.07) is 1.75. The fourth-order valence-electron chi connectivity index (χ4n) is 1.21. The lowest BCUT2D eigenvalue weighted by molar-refractivity contribution is 0.112. The van der Waals surface area contributed by atoms with E-state index in [4.69, 9.17) is 0 Å². The average Bonchev–Trinajstić information content (AvgIpc) is 2.65. The SMILES string of the molecule is Cn1nncc1-c1cncc(C=O)c1. The third-order valence-electron chi connectivity index (χ3n) is 1.91. The number of aromatic nitrogens is 4. The summed E-state index contributed by atoms with van der Waals surface area (Å²) in [5, 5.41) is 7.55. The van der Waals surface area contributed by atoms with Crippen LogP contribution in [0, 0.1) is 0 Å². The van der Waals surface area contributed by atoms with Gasteiger partial charge in [-0.25, -0.2) is 4.68 Å². The van der Waals surface area contributed by atoms with E-state index in [1.807, 2.05) is 0 Å². The topological polar surface area (TPSA) is 60.7 Å². The molecule has 2 heterocycles. The van der Waals surface area contributed by atoms with Crippen LogP contribution in [-0.2, 0) is 7.05 Å². The van der Waals surface area contributed by atoms with Crippen LogP contribution in [-0.4, -0.2) is 26.3 Å². The lowest BCUT2D eigenvalue weighted by Crippen LogP contribution is -1.95. The van der Waals surface area contributed by atoms with Crippen LogP contribution >= 0.6 is 0 Å². The summed E-state index contributed by atoms with van der Waals surface area (Å²) < 4.78 is 1.63. The number of aldehydes is 1. The van der Waals surface area contributed by atoms with Crippen molar-refractivity contribution in [2.24, 2.45) is 7.05 Å². The zero-order valence-electron chi connectivity index (χ0n) is 7.58. The van der Waals surface area contributed by atoms with Gasteiger partial charge in [0.1, 0.15) is 0 Å². The maximum absolute atomic E-state index is 10.5. The van der Waals surface area contributed by atoms with Crippen molar-refractivity contribution < 1.29 is 4.79 Å². The van der Waals surface area contributed by atoms with Gasteiger partial charge in [-0.3, -0.25) is 9.78 Å². The maximum Gasteiger partial charge on any atom is 0.151 e. The van der Waals surface area contributed by atoms with E-state index in [2.05, 4.69) is 15.3 Å². The Hall–Kier alpha value is -2.04. The normalized spacial score (nSPS) is 10.1. The van der Waals surface area contributed by atoms with Crippen molar-refractivity contribution in [2.45, 2.75) is 0 Å².